The maximum Gasteiger partial charge on any atom is 0.182 e. The van der Waals surface area contributed by atoms with Gasteiger partial charge in [-0.1, -0.05) is 30.3 Å². The van der Waals surface area contributed by atoms with Crippen molar-refractivity contribution in [3.63, 3.8) is 0 Å². The Balaban J connectivity index is 1.44. The third kappa shape index (κ3) is 2.95. The molecule has 0 N–H and O–H groups in total. The van der Waals surface area contributed by atoms with Gasteiger partial charge in [0.05, 0.1) is 12.5 Å². The number of rotatable bonds is 5. The first-order valence-corrected chi connectivity index (χ1v) is 9.63. The van der Waals surface area contributed by atoms with Crippen LogP contribution >= 0.6 is 11.3 Å². The number of fused-ring (bicyclic) bond motifs is 3. The number of hydrogen-bond acceptors (Lipinski definition) is 6. The Morgan fingerprint density at radius 2 is 1.93 bits per heavy atom. The Hall–Kier alpha value is -3.45. The fourth-order valence-electron chi connectivity index (χ4n) is 3.09. The lowest BCUT2D eigenvalue weighted by Gasteiger charge is -2.10. The molecule has 0 aliphatic heterocycles. The minimum atomic E-state index is 0.428. The first-order valence-electron chi connectivity index (χ1n) is 8.75. The summed E-state index contributed by atoms with van der Waals surface area (Å²) in [5, 5.41) is 7.62. The molecular weight excluding hydrogens is 372 g/mol. The van der Waals surface area contributed by atoms with E-state index >= 15 is 0 Å². The molecular formula is C21H16N4O2S. The normalized spacial score (nSPS) is 11.2. The number of ether oxygens (including phenoxy) is 2. The van der Waals surface area contributed by atoms with E-state index in [1.54, 1.807) is 29.3 Å². The van der Waals surface area contributed by atoms with Crippen LogP contribution in [0.3, 0.4) is 0 Å². The fourth-order valence-corrected chi connectivity index (χ4v) is 3.81. The van der Waals surface area contributed by atoms with E-state index < -0.39 is 0 Å². The lowest BCUT2D eigenvalue weighted by atomic mass is 10.1. The van der Waals surface area contributed by atoms with Gasteiger partial charge in [0.2, 0.25) is 0 Å². The van der Waals surface area contributed by atoms with Gasteiger partial charge in [-0.05, 0) is 35.2 Å². The molecule has 0 fully saturated rings. The molecule has 0 saturated carbocycles. The summed E-state index contributed by atoms with van der Waals surface area (Å²) in [4.78, 5) is 10.1. The number of thiophene rings is 1. The summed E-state index contributed by atoms with van der Waals surface area (Å²) in [5.74, 6) is 2.10. The standard InChI is InChI=1S/C21H16N4O2S/c1-26-17-7-2-3-8-18(17)27-12-14-5-4-6-15(11-14)19-23-20-16-9-10-28-21(16)22-13-25(20)24-19/h2-11,13H,12H2,1H3. The summed E-state index contributed by atoms with van der Waals surface area (Å²) in [7, 11) is 1.64. The monoisotopic (exact) mass is 388 g/mol. The largest absolute Gasteiger partial charge is 0.493 e. The van der Waals surface area contributed by atoms with Crippen molar-refractivity contribution in [1.82, 2.24) is 19.6 Å². The highest BCUT2D eigenvalue weighted by atomic mass is 32.1. The quantitative estimate of drug-likeness (QED) is 0.441. The van der Waals surface area contributed by atoms with Gasteiger partial charge in [-0.25, -0.2) is 14.5 Å². The van der Waals surface area contributed by atoms with Crippen molar-refractivity contribution in [2.75, 3.05) is 7.11 Å². The van der Waals surface area contributed by atoms with Gasteiger partial charge in [0, 0.05) is 5.56 Å². The summed E-state index contributed by atoms with van der Waals surface area (Å²) in [6, 6.07) is 17.7. The zero-order chi connectivity index (χ0) is 18.9. The number of aromatic nitrogens is 4. The number of methoxy groups -OCH3 is 1. The molecule has 0 bridgehead atoms. The van der Waals surface area contributed by atoms with Crippen LogP contribution in [0.4, 0.5) is 0 Å². The second-order valence-corrected chi connectivity index (χ2v) is 7.12. The molecule has 3 aromatic heterocycles. The van der Waals surface area contributed by atoms with Gasteiger partial charge in [-0.3, -0.25) is 0 Å². The minimum absolute atomic E-state index is 0.428. The van der Waals surface area contributed by atoms with Gasteiger partial charge >= 0.3 is 0 Å². The van der Waals surface area contributed by atoms with Crippen LogP contribution in [0.5, 0.6) is 11.5 Å². The summed E-state index contributed by atoms with van der Waals surface area (Å²) in [6.07, 6.45) is 1.71. The van der Waals surface area contributed by atoms with E-state index in [0.29, 0.717) is 23.9 Å². The Morgan fingerprint density at radius 1 is 1.04 bits per heavy atom. The van der Waals surface area contributed by atoms with Crippen molar-refractivity contribution in [3.8, 4) is 22.9 Å². The second kappa shape index (κ2) is 6.94. The van der Waals surface area contributed by atoms with E-state index in [1.165, 1.54) is 0 Å². The summed E-state index contributed by atoms with van der Waals surface area (Å²) >= 11 is 1.60. The summed E-state index contributed by atoms with van der Waals surface area (Å²) in [6.45, 7) is 0.428. The third-order valence-corrected chi connectivity index (χ3v) is 5.27. The Bertz CT molecular complexity index is 1280. The molecule has 0 aliphatic rings. The van der Waals surface area contributed by atoms with Crippen molar-refractivity contribution in [3.05, 3.63) is 71.9 Å². The molecule has 0 unspecified atom stereocenters. The molecule has 0 aliphatic carbocycles. The highest BCUT2D eigenvalue weighted by Gasteiger charge is 2.11. The molecule has 28 heavy (non-hydrogen) atoms. The Kier molecular flexibility index (Phi) is 4.14. The lowest BCUT2D eigenvalue weighted by molar-refractivity contribution is 0.284. The molecule has 3 heterocycles. The van der Waals surface area contributed by atoms with Crippen LogP contribution < -0.4 is 9.47 Å². The zero-order valence-corrected chi connectivity index (χ0v) is 15.9. The molecule has 7 heteroatoms. The van der Waals surface area contributed by atoms with Gasteiger partial charge < -0.3 is 9.47 Å². The number of para-hydroxylation sites is 2. The third-order valence-electron chi connectivity index (χ3n) is 4.45. The van der Waals surface area contributed by atoms with Crippen molar-refractivity contribution in [2.24, 2.45) is 0 Å². The van der Waals surface area contributed by atoms with Crippen LogP contribution in [-0.2, 0) is 6.61 Å². The van der Waals surface area contributed by atoms with Gasteiger partial charge in [-0.2, -0.15) is 0 Å². The highest BCUT2D eigenvalue weighted by Crippen LogP contribution is 2.28. The second-order valence-electron chi connectivity index (χ2n) is 6.23. The van der Waals surface area contributed by atoms with E-state index in [2.05, 4.69) is 10.1 Å². The van der Waals surface area contributed by atoms with Crippen LogP contribution in [0.2, 0.25) is 0 Å². The van der Waals surface area contributed by atoms with E-state index in [1.807, 2.05) is 60.0 Å². The van der Waals surface area contributed by atoms with Crippen molar-refractivity contribution >= 4 is 27.2 Å². The van der Waals surface area contributed by atoms with Crippen LogP contribution in [0.15, 0.2) is 66.3 Å². The molecule has 0 saturated heterocycles. The topological polar surface area (TPSA) is 61.5 Å². The van der Waals surface area contributed by atoms with Crippen molar-refractivity contribution in [2.45, 2.75) is 6.61 Å². The predicted octanol–water partition coefficient (Wildman–Crippen LogP) is 4.59. The van der Waals surface area contributed by atoms with Crippen molar-refractivity contribution < 1.29 is 9.47 Å². The molecule has 0 atom stereocenters. The van der Waals surface area contributed by atoms with Crippen LogP contribution in [-0.4, -0.2) is 26.7 Å². The van der Waals surface area contributed by atoms with Crippen LogP contribution in [0.25, 0.3) is 27.3 Å². The Morgan fingerprint density at radius 3 is 2.82 bits per heavy atom. The maximum absolute atomic E-state index is 5.93. The summed E-state index contributed by atoms with van der Waals surface area (Å²) < 4.78 is 13.0. The highest BCUT2D eigenvalue weighted by molar-refractivity contribution is 7.16. The first-order chi connectivity index (χ1) is 13.8. The SMILES string of the molecule is COc1ccccc1OCc1cccc(-c2nc3c4ccsc4ncn3n2)c1. The molecule has 0 radical (unpaired) electrons. The number of nitrogens with zero attached hydrogens (tertiary/aromatic N) is 4. The number of hydrogen-bond donors (Lipinski definition) is 0. The average molecular weight is 388 g/mol. The first kappa shape index (κ1) is 16.7. The van der Waals surface area contributed by atoms with E-state index in [-0.39, 0.29) is 0 Å². The van der Waals surface area contributed by atoms with E-state index in [0.717, 1.165) is 27.0 Å². The average Bonchev–Trinajstić information content (AvgIpc) is 3.39. The van der Waals surface area contributed by atoms with Gasteiger partial charge in [0.15, 0.2) is 23.0 Å². The Labute approximate surface area is 165 Å². The molecule has 2 aromatic carbocycles. The molecule has 6 nitrogen and oxygen atoms in total. The van der Waals surface area contributed by atoms with Crippen LogP contribution in [0, 0.1) is 0 Å². The van der Waals surface area contributed by atoms with Crippen molar-refractivity contribution in [1.29, 1.82) is 0 Å². The smallest absolute Gasteiger partial charge is 0.182 e. The van der Waals surface area contributed by atoms with Gasteiger partial charge in [-0.15, -0.1) is 16.4 Å². The van der Waals surface area contributed by atoms with Crippen LogP contribution in [0.1, 0.15) is 5.56 Å². The van der Waals surface area contributed by atoms with Gasteiger partial charge in [0.1, 0.15) is 17.8 Å². The maximum atomic E-state index is 5.93. The lowest BCUT2D eigenvalue weighted by Crippen LogP contribution is -1.98. The van der Waals surface area contributed by atoms with E-state index in [9.17, 15) is 0 Å². The molecule has 0 spiro atoms. The fraction of sp³-hybridized carbons (Fsp3) is 0.0952. The minimum Gasteiger partial charge on any atom is -0.493 e. The van der Waals surface area contributed by atoms with Gasteiger partial charge in [0.25, 0.3) is 0 Å². The molecule has 0 amide bonds. The predicted molar refractivity (Wildman–Crippen MR) is 109 cm³/mol. The summed E-state index contributed by atoms with van der Waals surface area (Å²) in [5.41, 5.74) is 2.78. The molecule has 5 rings (SSSR count). The molecule has 5 aromatic rings. The zero-order valence-electron chi connectivity index (χ0n) is 15.1. The van der Waals surface area contributed by atoms with E-state index in [4.69, 9.17) is 14.5 Å². The molecule has 138 valence electrons. The number of benzene rings is 2.